The molecule has 0 bridgehead atoms. The molecular formula is C14H14N2O4S. The fourth-order valence-electron chi connectivity index (χ4n) is 1.95. The first-order valence-electron chi connectivity index (χ1n) is 6.08. The lowest BCUT2D eigenvalue weighted by atomic mass is 10.2. The molecule has 0 fully saturated rings. The minimum Gasteiger partial charge on any atom is -0.478 e. The maximum atomic E-state index is 12.3. The number of nitrogens with one attached hydrogen (secondary N) is 1. The second-order valence-electron chi connectivity index (χ2n) is 4.66. The van der Waals surface area contributed by atoms with Crippen molar-refractivity contribution < 1.29 is 18.3 Å². The Hall–Kier alpha value is -2.41. The van der Waals surface area contributed by atoms with Gasteiger partial charge >= 0.3 is 5.97 Å². The molecule has 0 saturated heterocycles. The highest BCUT2D eigenvalue weighted by molar-refractivity contribution is 7.92. The average Bonchev–Trinajstić information content (AvgIpc) is 2.37. The molecule has 1 heterocycles. The molecule has 0 saturated carbocycles. The van der Waals surface area contributed by atoms with Gasteiger partial charge < -0.3 is 5.11 Å². The van der Waals surface area contributed by atoms with Crippen LogP contribution in [0.1, 0.15) is 21.5 Å². The van der Waals surface area contributed by atoms with E-state index in [1.54, 1.807) is 13.8 Å². The molecule has 0 atom stereocenters. The number of anilines is 1. The second-order valence-corrected chi connectivity index (χ2v) is 6.34. The molecule has 2 N–H and O–H groups in total. The highest BCUT2D eigenvalue weighted by atomic mass is 32.2. The Balaban J connectivity index is 2.45. The summed E-state index contributed by atoms with van der Waals surface area (Å²) in [5.41, 5.74) is 1.39. The molecule has 6 nitrogen and oxygen atoms in total. The second kappa shape index (κ2) is 5.53. The number of sulfonamides is 1. The number of aromatic carboxylic acids is 1. The quantitative estimate of drug-likeness (QED) is 0.902. The summed E-state index contributed by atoms with van der Waals surface area (Å²) in [6.45, 7) is 3.58. The van der Waals surface area contributed by atoms with Crippen LogP contribution in [-0.4, -0.2) is 24.5 Å². The summed E-state index contributed by atoms with van der Waals surface area (Å²) in [6, 6.07) is 6.13. The number of hydrogen-bond acceptors (Lipinski definition) is 4. The van der Waals surface area contributed by atoms with Gasteiger partial charge in [0.2, 0.25) is 0 Å². The van der Waals surface area contributed by atoms with Crippen LogP contribution in [0.2, 0.25) is 0 Å². The lowest BCUT2D eigenvalue weighted by Crippen LogP contribution is -2.16. The first kappa shape index (κ1) is 15.0. The highest BCUT2D eigenvalue weighted by Gasteiger charge is 2.19. The van der Waals surface area contributed by atoms with Crippen LogP contribution in [0.25, 0.3) is 0 Å². The Kier molecular flexibility index (Phi) is 3.95. The van der Waals surface area contributed by atoms with Crippen LogP contribution in [0, 0.1) is 13.8 Å². The number of aryl methyl sites for hydroxylation is 2. The first-order chi connectivity index (χ1) is 9.79. The van der Waals surface area contributed by atoms with Gasteiger partial charge in [0.25, 0.3) is 10.0 Å². The van der Waals surface area contributed by atoms with Crippen LogP contribution in [0.5, 0.6) is 0 Å². The van der Waals surface area contributed by atoms with Gasteiger partial charge in [-0.25, -0.2) is 13.2 Å². The maximum Gasteiger partial charge on any atom is 0.337 e. The van der Waals surface area contributed by atoms with E-state index in [0.29, 0.717) is 0 Å². The number of aromatic nitrogens is 1. The molecule has 2 aromatic rings. The van der Waals surface area contributed by atoms with Gasteiger partial charge in [-0.05, 0) is 43.2 Å². The molecule has 21 heavy (non-hydrogen) atoms. The largest absolute Gasteiger partial charge is 0.478 e. The van der Waals surface area contributed by atoms with Gasteiger partial charge in [0.05, 0.1) is 22.3 Å². The molecule has 0 spiro atoms. The van der Waals surface area contributed by atoms with Gasteiger partial charge in [-0.2, -0.15) is 0 Å². The lowest BCUT2D eigenvalue weighted by molar-refractivity contribution is 0.0698. The molecule has 0 aliphatic carbocycles. The van der Waals surface area contributed by atoms with Gasteiger partial charge in [0.15, 0.2) is 0 Å². The van der Waals surface area contributed by atoms with Crippen LogP contribution >= 0.6 is 0 Å². The molecule has 0 aliphatic heterocycles. The third kappa shape index (κ3) is 3.38. The minimum atomic E-state index is -3.87. The molecule has 0 radical (unpaired) electrons. The highest BCUT2D eigenvalue weighted by Crippen LogP contribution is 2.20. The zero-order valence-electron chi connectivity index (χ0n) is 11.5. The predicted octanol–water partition coefficient (Wildman–Crippen LogP) is 2.20. The van der Waals surface area contributed by atoms with Crippen molar-refractivity contribution >= 4 is 21.7 Å². The van der Waals surface area contributed by atoms with E-state index in [9.17, 15) is 13.2 Å². The average molecular weight is 306 g/mol. The van der Waals surface area contributed by atoms with Gasteiger partial charge in [0, 0.05) is 6.20 Å². The molecule has 0 aliphatic rings. The third-order valence-corrected chi connectivity index (χ3v) is 4.15. The van der Waals surface area contributed by atoms with Crippen LogP contribution in [0.3, 0.4) is 0 Å². The standard InChI is InChI=1S/C14H14N2O4S/c1-9-5-10(2)7-11(6-9)21(19,20)16-13-8-15-4-3-12(13)14(17)18/h3-8,16H,1-2H3,(H,17,18). The fourth-order valence-corrected chi connectivity index (χ4v) is 3.21. The van der Waals surface area contributed by atoms with Crippen molar-refractivity contribution in [2.75, 3.05) is 4.72 Å². The van der Waals surface area contributed by atoms with E-state index in [1.165, 1.54) is 30.6 Å². The summed E-state index contributed by atoms with van der Waals surface area (Å²) < 4.78 is 27.0. The van der Waals surface area contributed by atoms with Crippen molar-refractivity contribution in [2.24, 2.45) is 0 Å². The molecule has 7 heteroatoms. The zero-order chi connectivity index (χ0) is 15.6. The number of pyridine rings is 1. The molecule has 2 rings (SSSR count). The van der Waals surface area contributed by atoms with Crippen LogP contribution in [-0.2, 0) is 10.0 Å². The molecule has 1 aromatic carbocycles. The summed E-state index contributed by atoms with van der Waals surface area (Å²) in [7, 11) is -3.87. The van der Waals surface area contributed by atoms with E-state index >= 15 is 0 Å². The monoisotopic (exact) mass is 306 g/mol. The smallest absolute Gasteiger partial charge is 0.337 e. The number of rotatable bonds is 4. The van der Waals surface area contributed by atoms with Crippen LogP contribution in [0.15, 0.2) is 41.6 Å². The predicted molar refractivity (Wildman–Crippen MR) is 77.9 cm³/mol. The minimum absolute atomic E-state index is 0.0656. The van der Waals surface area contributed by atoms with Crippen molar-refractivity contribution in [1.29, 1.82) is 0 Å². The van der Waals surface area contributed by atoms with Gasteiger partial charge in [-0.3, -0.25) is 9.71 Å². The summed E-state index contributed by atoms with van der Waals surface area (Å²) in [4.78, 5) is 14.9. The molecule has 1 aromatic heterocycles. The summed E-state index contributed by atoms with van der Waals surface area (Å²) in [5, 5.41) is 9.06. The van der Waals surface area contributed by atoms with E-state index in [0.717, 1.165) is 11.1 Å². The Labute approximate surface area is 122 Å². The Morgan fingerprint density at radius 3 is 2.38 bits per heavy atom. The first-order valence-corrected chi connectivity index (χ1v) is 7.56. The fraction of sp³-hybridized carbons (Fsp3) is 0.143. The Morgan fingerprint density at radius 2 is 1.81 bits per heavy atom. The SMILES string of the molecule is Cc1cc(C)cc(S(=O)(=O)Nc2cnccc2C(=O)O)c1. The zero-order valence-corrected chi connectivity index (χ0v) is 12.3. The number of carboxylic acids is 1. The number of hydrogen-bond donors (Lipinski definition) is 2. The van der Waals surface area contributed by atoms with Crippen LogP contribution < -0.4 is 4.72 Å². The van der Waals surface area contributed by atoms with E-state index in [1.807, 2.05) is 6.07 Å². The number of carboxylic acid groups (broad SMARTS) is 1. The molecule has 0 amide bonds. The van der Waals surface area contributed by atoms with Crippen molar-refractivity contribution in [1.82, 2.24) is 4.98 Å². The van der Waals surface area contributed by atoms with E-state index in [4.69, 9.17) is 5.11 Å². The summed E-state index contributed by atoms with van der Waals surface area (Å²) >= 11 is 0. The van der Waals surface area contributed by atoms with Crippen LogP contribution in [0.4, 0.5) is 5.69 Å². The van der Waals surface area contributed by atoms with E-state index in [2.05, 4.69) is 9.71 Å². The van der Waals surface area contributed by atoms with Crippen molar-refractivity contribution in [2.45, 2.75) is 18.7 Å². The lowest BCUT2D eigenvalue weighted by Gasteiger charge is -2.11. The van der Waals surface area contributed by atoms with Crippen molar-refractivity contribution in [3.05, 3.63) is 53.3 Å². The molecular weight excluding hydrogens is 292 g/mol. The van der Waals surface area contributed by atoms with Gasteiger partial charge in [0.1, 0.15) is 0 Å². The normalized spacial score (nSPS) is 11.1. The summed E-state index contributed by atoms with van der Waals surface area (Å²) in [5.74, 6) is -1.23. The molecule has 110 valence electrons. The van der Waals surface area contributed by atoms with E-state index < -0.39 is 16.0 Å². The number of carbonyl (C=O) groups is 1. The Bertz CT molecular complexity index is 780. The Morgan fingerprint density at radius 1 is 1.19 bits per heavy atom. The summed E-state index contributed by atoms with van der Waals surface area (Å²) in [6.07, 6.45) is 2.46. The third-order valence-electron chi connectivity index (χ3n) is 2.80. The maximum absolute atomic E-state index is 12.3. The van der Waals surface area contributed by atoms with E-state index in [-0.39, 0.29) is 16.1 Å². The van der Waals surface area contributed by atoms with Crippen molar-refractivity contribution in [3.63, 3.8) is 0 Å². The van der Waals surface area contributed by atoms with Gasteiger partial charge in [-0.1, -0.05) is 6.07 Å². The number of benzene rings is 1. The van der Waals surface area contributed by atoms with Crippen molar-refractivity contribution in [3.8, 4) is 0 Å². The van der Waals surface area contributed by atoms with Gasteiger partial charge in [-0.15, -0.1) is 0 Å². The topological polar surface area (TPSA) is 96.4 Å². The number of nitrogens with zero attached hydrogens (tertiary/aromatic N) is 1. The molecule has 0 unspecified atom stereocenters.